The van der Waals surface area contributed by atoms with Crippen LogP contribution in [0, 0.1) is 6.92 Å². The Kier molecular flexibility index (Phi) is 4.60. The van der Waals surface area contributed by atoms with Gasteiger partial charge in [0.1, 0.15) is 5.75 Å². The first-order chi connectivity index (χ1) is 10.0. The van der Waals surface area contributed by atoms with Gasteiger partial charge in [-0.3, -0.25) is 4.98 Å². The highest BCUT2D eigenvalue weighted by Crippen LogP contribution is 2.29. The Balaban J connectivity index is 2.36. The maximum Gasteiger partial charge on any atom is 0.328 e. The van der Waals surface area contributed by atoms with Crippen LogP contribution in [-0.2, 0) is 4.79 Å². The number of halogens is 1. The van der Waals surface area contributed by atoms with Crippen LogP contribution >= 0.6 is 11.6 Å². The van der Waals surface area contributed by atoms with E-state index in [9.17, 15) is 4.79 Å². The average molecular weight is 304 g/mol. The summed E-state index contributed by atoms with van der Waals surface area (Å²) >= 11 is 6.11. The van der Waals surface area contributed by atoms with E-state index in [-0.39, 0.29) is 0 Å². The van der Waals surface area contributed by atoms with Crippen LogP contribution in [-0.4, -0.2) is 23.2 Å². The van der Waals surface area contributed by atoms with Crippen LogP contribution in [0.3, 0.4) is 0 Å². The molecule has 0 atom stereocenters. The normalized spacial score (nSPS) is 10.8. The number of pyridine rings is 1. The van der Waals surface area contributed by atoms with Gasteiger partial charge in [-0.25, -0.2) is 4.79 Å². The molecule has 0 saturated carbocycles. The minimum atomic E-state index is -0.986. The van der Waals surface area contributed by atoms with E-state index in [0.717, 1.165) is 28.6 Å². The topological polar surface area (TPSA) is 59.4 Å². The SMILES string of the molecule is COc1ccc(-c2ccc(/C=C/C(=O)O)c(C)n2)cc1Cl. The maximum atomic E-state index is 10.5. The van der Waals surface area contributed by atoms with Gasteiger partial charge in [0.15, 0.2) is 0 Å². The summed E-state index contributed by atoms with van der Waals surface area (Å²) in [7, 11) is 1.56. The molecule has 1 aromatic heterocycles. The monoisotopic (exact) mass is 303 g/mol. The van der Waals surface area contributed by atoms with Crippen molar-refractivity contribution in [3.8, 4) is 17.0 Å². The van der Waals surface area contributed by atoms with Gasteiger partial charge in [0.05, 0.1) is 17.8 Å². The van der Waals surface area contributed by atoms with E-state index < -0.39 is 5.97 Å². The van der Waals surface area contributed by atoms with E-state index in [4.69, 9.17) is 21.4 Å². The highest BCUT2D eigenvalue weighted by molar-refractivity contribution is 6.32. The zero-order valence-corrected chi connectivity index (χ0v) is 12.4. The highest BCUT2D eigenvalue weighted by atomic mass is 35.5. The molecule has 2 aromatic rings. The van der Waals surface area contributed by atoms with Crippen LogP contribution in [0.1, 0.15) is 11.3 Å². The predicted octanol–water partition coefficient (Wildman–Crippen LogP) is 3.82. The average Bonchev–Trinajstić information content (AvgIpc) is 2.45. The summed E-state index contributed by atoms with van der Waals surface area (Å²) in [6, 6.07) is 9.10. The molecule has 108 valence electrons. The Morgan fingerprint density at radius 3 is 2.67 bits per heavy atom. The summed E-state index contributed by atoms with van der Waals surface area (Å²) in [4.78, 5) is 15.0. The molecule has 0 radical (unpaired) electrons. The summed E-state index contributed by atoms with van der Waals surface area (Å²) < 4.78 is 5.12. The van der Waals surface area contributed by atoms with Gasteiger partial charge in [-0.2, -0.15) is 0 Å². The fraction of sp³-hybridized carbons (Fsp3) is 0.125. The lowest BCUT2D eigenvalue weighted by Gasteiger charge is -2.07. The molecule has 0 fully saturated rings. The van der Waals surface area contributed by atoms with E-state index in [1.54, 1.807) is 19.2 Å². The first kappa shape index (κ1) is 15.1. The number of hydrogen-bond donors (Lipinski definition) is 1. The fourth-order valence-electron chi connectivity index (χ4n) is 1.90. The number of methoxy groups -OCH3 is 1. The summed E-state index contributed by atoms with van der Waals surface area (Å²) in [5.41, 5.74) is 3.15. The first-order valence-corrected chi connectivity index (χ1v) is 6.61. The molecule has 21 heavy (non-hydrogen) atoms. The molecule has 1 heterocycles. The zero-order chi connectivity index (χ0) is 15.4. The molecular weight excluding hydrogens is 290 g/mol. The number of aromatic nitrogens is 1. The standard InChI is InChI=1S/C16H14ClNO3/c1-10-11(5-8-16(19)20)3-6-14(18-10)12-4-7-15(21-2)13(17)9-12/h3-9H,1-2H3,(H,19,20)/b8-5+. The molecule has 2 rings (SSSR count). The quantitative estimate of drug-likeness (QED) is 0.872. The van der Waals surface area contributed by atoms with Crippen LogP contribution in [0.2, 0.25) is 5.02 Å². The number of hydrogen-bond acceptors (Lipinski definition) is 3. The Morgan fingerprint density at radius 1 is 1.33 bits per heavy atom. The molecule has 0 spiro atoms. The Labute approximate surface area is 127 Å². The van der Waals surface area contributed by atoms with Crippen molar-refractivity contribution in [2.24, 2.45) is 0 Å². The molecule has 0 unspecified atom stereocenters. The number of carboxylic acid groups (broad SMARTS) is 1. The maximum absolute atomic E-state index is 10.5. The third-order valence-corrected chi connectivity index (χ3v) is 3.28. The van der Waals surface area contributed by atoms with Crippen LogP contribution in [0.15, 0.2) is 36.4 Å². The van der Waals surface area contributed by atoms with Crippen molar-refractivity contribution in [1.29, 1.82) is 0 Å². The number of carboxylic acids is 1. The van der Waals surface area contributed by atoms with Crippen molar-refractivity contribution in [1.82, 2.24) is 4.98 Å². The number of aliphatic carboxylic acids is 1. The minimum Gasteiger partial charge on any atom is -0.495 e. The van der Waals surface area contributed by atoms with E-state index in [0.29, 0.717) is 10.8 Å². The van der Waals surface area contributed by atoms with Gasteiger partial charge in [-0.15, -0.1) is 0 Å². The smallest absolute Gasteiger partial charge is 0.328 e. The Bertz CT molecular complexity index is 711. The second-order valence-electron chi connectivity index (χ2n) is 4.39. The van der Waals surface area contributed by atoms with E-state index in [1.807, 2.05) is 25.1 Å². The molecule has 5 heteroatoms. The van der Waals surface area contributed by atoms with Crippen molar-refractivity contribution in [2.75, 3.05) is 7.11 Å². The molecule has 0 saturated heterocycles. The second-order valence-corrected chi connectivity index (χ2v) is 4.80. The van der Waals surface area contributed by atoms with Crippen molar-refractivity contribution in [3.05, 3.63) is 52.7 Å². The molecule has 0 aliphatic rings. The number of benzene rings is 1. The lowest BCUT2D eigenvalue weighted by Crippen LogP contribution is -1.92. The summed E-state index contributed by atoms with van der Waals surface area (Å²) in [5.74, 6) is -0.376. The van der Waals surface area contributed by atoms with Gasteiger partial charge in [0.25, 0.3) is 0 Å². The molecule has 0 amide bonds. The third kappa shape index (κ3) is 3.61. The lowest BCUT2D eigenvalue weighted by atomic mass is 10.1. The molecule has 0 bridgehead atoms. The van der Waals surface area contributed by atoms with Crippen molar-refractivity contribution in [2.45, 2.75) is 6.92 Å². The highest BCUT2D eigenvalue weighted by Gasteiger charge is 2.06. The van der Waals surface area contributed by atoms with Crippen molar-refractivity contribution >= 4 is 23.6 Å². The fourth-order valence-corrected chi connectivity index (χ4v) is 2.15. The molecule has 4 nitrogen and oxygen atoms in total. The Hall–Kier alpha value is -2.33. The minimum absolute atomic E-state index is 0.518. The number of aryl methyl sites for hydroxylation is 1. The Morgan fingerprint density at radius 2 is 2.10 bits per heavy atom. The van der Waals surface area contributed by atoms with Crippen molar-refractivity contribution in [3.63, 3.8) is 0 Å². The number of ether oxygens (including phenoxy) is 1. The molecule has 0 aliphatic carbocycles. The largest absolute Gasteiger partial charge is 0.495 e. The summed E-state index contributed by atoms with van der Waals surface area (Å²) in [6.45, 7) is 1.83. The molecule has 1 N–H and O–H groups in total. The van der Waals surface area contributed by atoms with Gasteiger partial charge >= 0.3 is 5.97 Å². The van der Waals surface area contributed by atoms with Gasteiger partial charge in [0, 0.05) is 17.3 Å². The third-order valence-electron chi connectivity index (χ3n) is 2.98. The number of nitrogens with zero attached hydrogens (tertiary/aromatic N) is 1. The molecule has 0 aliphatic heterocycles. The van der Waals surface area contributed by atoms with Gasteiger partial charge in [-0.05, 0) is 42.8 Å². The van der Waals surface area contributed by atoms with E-state index in [1.165, 1.54) is 6.08 Å². The zero-order valence-electron chi connectivity index (χ0n) is 11.6. The van der Waals surface area contributed by atoms with Crippen LogP contribution in [0.5, 0.6) is 5.75 Å². The van der Waals surface area contributed by atoms with Gasteiger partial charge in [0.2, 0.25) is 0 Å². The predicted molar refractivity (Wildman–Crippen MR) is 82.6 cm³/mol. The number of carbonyl (C=O) groups is 1. The second kappa shape index (κ2) is 6.41. The van der Waals surface area contributed by atoms with E-state index >= 15 is 0 Å². The van der Waals surface area contributed by atoms with E-state index in [2.05, 4.69) is 4.98 Å². The van der Waals surface area contributed by atoms with Crippen LogP contribution < -0.4 is 4.74 Å². The van der Waals surface area contributed by atoms with Crippen molar-refractivity contribution < 1.29 is 14.6 Å². The summed E-state index contributed by atoms with van der Waals surface area (Å²) in [6.07, 6.45) is 2.61. The van der Waals surface area contributed by atoms with Gasteiger partial charge < -0.3 is 9.84 Å². The van der Waals surface area contributed by atoms with Crippen LogP contribution in [0.25, 0.3) is 17.3 Å². The summed E-state index contributed by atoms with van der Waals surface area (Å²) in [5, 5.41) is 9.16. The number of rotatable bonds is 4. The van der Waals surface area contributed by atoms with Gasteiger partial charge in [-0.1, -0.05) is 17.7 Å². The van der Waals surface area contributed by atoms with Crippen LogP contribution in [0.4, 0.5) is 0 Å². The molecular formula is C16H14ClNO3. The first-order valence-electron chi connectivity index (χ1n) is 6.24. The lowest BCUT2D eigenvalue weighted by molar-refractivity contribution is -0.131. The molecule has 1 aromatic carbocycles.